The Hall–Kier alpha value is -0.120. The van der Waals surface area contributed by atoms with Crippen LogP contribution in [0.3, 0.4) is 0 Å². The number of rotatable bonds is 4. The summed E-state index contributed by atoms with van der Waals surface area (Å²) in [4.78, 5) is 2.52. The first-order chi connectivity index (χ1) is 6.98. The molecule has 3 heteroatoms. The van der Waals surface area contributed by atoms with Crippen LogP contribution in [0.1, 0.15) is 40.5 Å². The Labute approximate surface area is 93.9 Å². The van der Waals surface area contributed by atoms with Crippen molar-refractivity contribution >= 4 is 0 Å². The van der Waals surface area contributed by atoms with Gasteiger partial charge in [-0.05, 0) is 46.7 Å². The molecule has 2 atom stereocenters. The van der Waals surface area contributed by atoms with Gasteiger partial charge in [-0.25, -0.2) is 0 Å². The largest absolute Gasteiger partial charge is 0.394 e. The number of piperidine rings is 1. The van der Waals surface area contributed by atoms with Crippen LogP contribution in [0.5, 0.6) is 0 Å². The molecule has 1 aliphatic rings. The van der Waals surface area contributed by atoms with E-state index in [0.717, 1.165) is 6.54 Å². The van der Waals surface area contributed by atoms with Gasteiger partial charge in [0.25, 0.3) is 0 Å². The standard InChI is InChI=1S/C12H26N2O/c1-5-14-7-6-11(8-10(14)2)13-12(3,4)9-15/h10-11,13,15H,5-9H2,1-4H3. The first kappa shape index (κ1) is 12.9. The molecule has 0 spiro atoms. The van der Waals surface area contributed by atoms with Crippen molar-refractivity contribution in [2.45, 2.75) is 58.2 Å². The number of hydrogen-bond acceptors (Lipinski definition) is 3. The highest BCUT2D eigenvalue weighted by atomic mass is 16.3. The average Bonchev–Trinajstić information content (AvgIpc) is 2.17. The van der Waals surface area contributed by atoms with Gasteiger partial charge in [0.2, 0.25) is 0 Å². The molecule has 1 aliphatic heterocycles. The van der Waals surface area contributed by atoms with E-state index in [-0.39, 0.29) is 12.1 Å². The first-order valence-corrected chi connectivity index (χ1v) is 6.11. The molecule has 0 aromatic carbocycles. The molecule has 1 saturated heterocycles. The third-order valence-electron chi connectivity index (χ3n) is 3.41. The molecule has 15 heavy (non-hydrogen) atoms. The van der Waals surface area contributed by atoms with E-state index in [9.17, 15) is 5.11 Å². The van der Waals surface area contributed by atoms with Gasteiger partial charge >= 0.3 is 0 Å². The van der Waals surface area contributed by atoms with Crippen LogP contribution in [0.2, 0.25) is 0 Å². The summed E-state index contributed by atoms with van der Waals surface area (Å²) in [7, 11) is 0. The molecule has 0 aromatic rings. The molecule has 90 valence electrons. The first-order valence-electron chi connectivity index (χ1n) is 6.11. The summed E-state index contributed by atoms with van der Waals surface area (Å²) in [5, 5.41) is 12.8. The van der Waals surface area contributed by atoms with Crippen molar-refractivity contribution in [2.24, 2.45) is 0 Å². The number of nitrogens with one attached hydrogen (secondary N) is 1. The number of nitrogens with zero attached hydrogens (tertiary/aromatic N) is 1. The van der Waals surface area contributed by atoms with Crippen LogP contribution in [-0.2, 0) is 0 Å². The van der Waals surface area contributed by atoms with E-state index < -0.39 is 0 Å². The van der Waals surface area contributed by atoms with E-state index in [1.807, 2.05) is 0 Å². The quantitative estimate of drug-likeness (QED) is 0.738. The van der Waals surface area contributed by atoms with Gasteiger partial charge in [0.05, 0.1) is 6.61 Å². The molecule has 3 nitrogen and oxygen atoms in total. The second kappa shape index (κ2) is 5.28. The Balaban J connectivity index is 2.41. The van der Waals surface area contributed by atoms with Crippen LogP contribution < -0.4 is 5.32 Å². The van der Waals surface area contributed by atoms with Gasteiger partial charge in [0.15, 0.2) is 0 Å². The van der Waals surface area contributed by atoms with Crippen molar-refractivity contribution in [3.8, 4) is 0 Å². The van der Waals surface area contributed by atoms with Gasteiger partial charge < -0.3 is 15.3 Å². The van der Waals surface area contributed by atoms with Gasteiger partial charge in [-0.1, -0.05) is 6.92 Å². The zero-order valence-electron chi connectivity index (χ0n) is 10.6. The Morgan fingerprint density at radius 3 is 2.60 bits per heavy atom. The minimum Gasteiger partial charge on any atom is -0.394 e. The summed E-state index contributed by atoms with van der Waals surface area (Å²) >= 11 is 0. The summed E-state index contributed by atoms with van der Waals surface area (Å²) < 4.78 is 0. The number of aliphatic hydroxyl groups excluding tert-OH is 1. The highest BCUT2D eigenvalue weighted by Gasteiger charge is 2.28. The average molecular weight is 214 g/mol. The van der Waals surface area contributed by atoms with E-state index >= 15 is 0 Å². The van der Waals surface area contributed by atoms with Crippen LogP contribution in [0, 0.1) is 0 Å². The Bertz CT molecular complexity index is 194. The fraction of sp³-hybridized carbons (Fsp3) is 1.00. The fourth-order valence-electron chi connectivity index (χ4n) is 2.42. The fourth-order valence-corrected chi connectivity index (χ4v) is 2.42. The molecule has 1 heterocycles. The number of aliphatic hydroxyl groups is 1. The summed E-state index contributed by atoms with van der Waals surface area (Å²) in [6, 6.07) is 1.22. The maximum Gasteiger partial charge on any atom is 0.0607 e. The molecule has 0 aromatic heterocycles. The van der Waals surface area contributed by atoms with Crippen LogP contribution in [0.25, 0.3) is 0 Å². The van der Waals surface area contributed by atoms with Crippen LogP contribution >= 0.6 is 0 Å². The van der Waals surface area contributed by atoms with Crippen molar-refractivity contribution in [1.82, 2.24) is 10.2 Å². The molecule has 1 rings (SSSR count). The van der Waals surface area contributed by atoms with Crippen molar-refractivity contribution in [1.29, 1.82) is 0 Å². The van der Waals surface area contributed by atoms with Crippen LogP contribution in [-0.4, -0.2) is 47.3 Å². The van der Waals surface area contributed by atoms with Crippen LogP contribution in [0.15, 0.2) is 0 Å². The summed E-state index contributed by atoms with van der Waals surface area (Å²) in [5.41, 5.74) is -0.140. The summed E-state index contributed by atoms with van der Waals surface area (Å²) in [5.74, 6) is 0. The second-order valence-electron chi connectivity index (χ2n) is 5.39. The molecule has 0 aliphatic carbocycles. The van der Waals surface area contributed by atoms with Gasteiger partial charge in [0, 0.05) is 17.6 Å². The van der Waals surface area contributed by atoms with Crippen molar-refractivity contribution in [2.75, 3.05) is 19.7 Å². The molecule has 2 N–H and O–H groups in total. The second-order valence-corrected chi connectivity index (χ2v) is 5.39. The van der Waals surface area contributed by atoms with Gasteiger partial charge in [-0.15, -0.1) is 0 Å². The molecular formula is C12H26N2O. The van der Waals surface area contributed by atoms with E-state index in [4.69, 9.17) is 0 Å². The van der Waals surface area contributed by atoms with Gasteiger partial charge in [-0.2, -0.15) is 0 Å². The number of hydrogen-bond donors (Lipinski definition) is 2. The maximum atomic E-state index is 9.22. The summed E-state index contributed by atoms with van der Waals surface area (Å²) in [6.07, 6.45) is 2.39. The van der Waals surface area contributed by atoms with Crippen molar-refractivity contribution in [3.05, 3.63) is 0 Å². The molecule has 0 radical (unpaired) electrons. The summed E-state index contributed by atoms with van der Waals surface area (Å²) in [6.45, 7) is 11.2. The normalized spacial score (nSPS) is 29.4. The lowest BCUT2D eigenvalue weighted by Crippen LogP contribution is -2.54. The Kier molecular flexibility index (Phi) is 4.56. The Morgan fingerprint density at radius 1 is 1.47 bits per heavy atom. The SMILES string of the molecule is CCN1CCC(NC(C)(C)CO)CC1C. The molecular weight excluding hydrogens is 188 g/mol. The van der Waals surface area contributed by atoms with Crippen molar-refractivity contribution in [3.63, 3.8) is 0 Å². The van der Waals surface area contributed by atoms with E-state index in [1.54, 1.807) is 0 Å². The van der Waals surface area contributed by atoms with Crippen LogP contribution in [0.4, 0.5) is 0 Å². The van der Waals surface area contributed by atoms with Gasteiger partial charge in [-0.3, -0.25) is 0 Å². The highest BCUT2D eigenvalue weighted by molar-refractivity contribution is 4.88. The molecule has 0 saturated carbocycles. The third kappa shape index (κ3) is 3.74. The maximum absolute atomic E-state index is 9.22. The zero-order chi connectivity index (χ0) is 11.5. The predicted molar refractivity (Wildman–Crippen MR) is 64.0 cm³/mol. The highest BCUT2D eigenvalue weighted by Crippen LogP contribution is 2.18. The van der Waals surface area contributed by atoms with Crippen molar-refractivity contribution < 1.29 is 5.11 Å². The Morgan fingerprint density at radius 2 is 2.13 bits per heavy atom. The molecule has 2 unspecified atom stereocenters. The smallest absolute Gasteiger partial charge is 0.0607 e. The lowest BCUT2D eigenvalue weighted by molar-refractivity contribution is 0.110. The van der Waals surface area contributed by atoms with E-state index in [1.165, 1.54) is 19.4 Å². The minimum absolute atomic E-state index is 0.140. The lowest BCUT2D eigenvalue weighted by atomic mass is 9.95. The minimum atomic E-state index is -0.140. The zero-order valence-corrected chi connectivity index (χ0v) is 10.6. The lowest BCUT2D eigenvalue weighted by Gasteiger charge is -2.40. The third-order valence-corrected chi connectivity index (χ3v) is 3.41. The van der Waals surface area contributed by atoms with E-state index in [0.29, 0.717) is 12.1 Å². The van der Waals surface area contributed by atoms with Gasteiger partial charge in [0.1, 0.15) is 0 Å². The molecule has 0 bridgehead atoms. The topological polar surface area (TPSA) is 35.5 Å². The predicted octanol–water partition coefficient (Wildman–Crippen LogP) is 1.22. The monoisotopic (exact) mass is 214 g/mol. The molecule has 1 fully saturated rings. The molecule has 0 amide bonds. The van der Waals surface area contributed by atoms with E-state index in [2.05, 4.69) is 37.9 Å². The number of likely N-dealkylation sites (tertiary alicyclic amines) is 1.